The molecule has 2 atom stereocenters. The van der Waals surface area contributed by atoms with Crippen molar-refractivity contribution in [2.24, 2.45) is 5.92 Å². The molecule has 1 fully saturated rings. The number of hydrogen-bond acceptors (Lipinski definition) is 4. The molecule has 18 heavy (non-hydrogen) atoms. The van der Waals surface area contributed by atoms with E-state index >= 15 is 0 Å². The van der Waals surface area contributed by atoms with Crippen LogP contribution in [0.1, 0.15) is 6.92 Å². The molecule has 2 rings (SSSR count). The second-order valence-electron chi connectivity index (χ2n) is 3.54. The maximum Gasteiger partial charge on any atom is 1.00 e. The topological polar surface area (TPSA) is 92.7 Å². The molecule has 2 unspecified atom stereocenters. The molecule has 1 amide bonds. The van der Waals surface area contributed by atoms with E-state index in [4.69, 9.17) is 13.3 Å². The summed E-state index contributed by atoms with van der Waals surface area (Å²) in [5.41, 5.74) is 3.86. The molecule has 6 nitrogen and oxygen atoms in total. The molecule has 94 valence electrons. The SMILES string of the molecule is CC1CN(c2ccccc2)NC1=O.O=S([O-])O.[Na+]. The number of para-hydroxylation sites is 1. The summed E-state index contributed by atoms with van der Waals surface area (Å²) in [6.07, 6.45) is 0. The second kappa shape index (κ2) is 8.63. The van der Waals surface area contributed by atoms with Gasteiger partial charge in [-0.3, -0.25) is 15.2 Å². The quantitative estimate of drug-likeness (QED) is 0.439. The van der Waals surface area contributed by atoms with Gasteiger partial charge in [0.2, 0.25) is 5.91 Å². The Morgan fingerprint density at radius 3 is 2.33 bits per heavy atom. The van der Waals surface area contributed by atoms with E-state index in [1.165, 1.54) is 0 Å². The summed E-state index contributed by atoms with van der Waals surface area (Å²) < 4.78 is 24.1. The number of hydrogen-bond donors (Lipinski definition) is 2. The molecule has 1 aliphatic heterocycles. The molecule has 0 radical (unpaired) electrons. The summed E-state index contributed by atoms with van der Waals surface area (Å²) in [5.74, 6) is 0.184. The first-order valence-electron chi connectivity index (χ1n) is 4.92. The van der Waals surface area contributed by atoms with E-state index < -0.39 is 11.4 Å². The van der Waals surface area contributed by atoms with Gasteiger partial charge in [0.1, 0.15) is 0 Å². The molecule has 0 saturated carbocycles. The van der Waals surface area contributed by atoms with Crippen LogP contribution in [-0.2, 0) is 16.2 Å². The van der Waals surface area contributed by atoms with E-state index in [-0.39, 0.29) is 41.4 Å². The summed E-state index contributed by atoms with van der Waals surface area (Å²) in [7, 11) is 0. The minimum atomic E-state index is -2.86. The zero-order chi connectivity index (χ0) is 12.8. The maximum atomic E-state index is 11.2. The largest absolute Gasteiger partial charge is 1.00 e. The number of rotatable bonds is 1. The van der Waals surface area contributed by atoms with Gasteiger partial charge < -0.3 is 9.11 Å². The smallest absolute Gasteiger partial charge is 0.750 e. The van der Waals surface area contributed by atoms with Gasteiger partial charge in [0.25, 0.3) is 0 Å². The first-order chi connectivity index (χ1) is 8.00. The van der Waals surface area contributed by atoms with Gasteiger partial charge >= 0.3 is 29.6 Å². The molecule has 1 aromatic rings. The number of nitrogens with one attached hydrogen (secondary N) is 1. The van der Waals surface area contributed by atoms with Crippen molar-refractivity contribution < 1.29 is 47.7 Å². The Bertz CT molecular complexity index is 400. The van der Waals surface area contributed by atoms with Crippen LogP contribution in [0.3, 0.4) is 0 Å². The minimum Gasteiger partial charge on any atom is -0.750 e. The Labute approximate surface area is 130 Å². The van der Waals surface area contributed by atoms with Crippen molar-refractivity contribution in [1.29, 1.82) is 0 Å². The molecule has 0 aliphatic carbocycles. The predicted molar refractivity (Wildman–Crippen MR) is 62.6 cm³/mol. The summed E-state index contributed by atoms with van der Waals surface area (Å²) >= 11 is -2.86. The van der Waals surface area contributed by atoms with E-state index in [1.54, 1.807) is 0 Å². The van der Waals surface area contributed by atoms with Crippen LogP contribution in [0.5, 0.6) is 0 Å². The van der Waals surface area contributed by atoms with Gasteiger partial charge in [-0.25, -0.2) is 4.21 Å². The average molecular weight is 280 g/mol. The minimum absolute atomic E-state index is 0. The van der Waals surface area contributed by atoms with Gasteiger partial charge in [0, 0.05) is 0 Å². The number of anilines is 1. The number of nitrogens with zero attached hydrogens (tertiary/aromatic N) is 1. The van der Waals surface area contributed by atoms with Crippen molar-refractivity contribution >= 4 is 23.0 Å². The first kappa shape index (κ1) is 17.6. The van der Waals surface area contributed by atoms with Crippen LogP contribution in [-0.4, -0.2) is 25.8 Å². The van der Waals surface area contributed by atoms with Crippen molar-refractivity contribution in [3.63, 3.8) is 0 Å². The Morgan fingerprint density at radius 1 is 1.44 bits per heavy atom. The molecule has 1 saturated heterocycles. The Kier molecular flexibility index (Phi) is 8.41. The molecular weight excluding hydrogens is 267 g/mol. The molecule has 1 heterocycles. The standard InChI is InChI=1S/C10H12N2O.Na.H2O3S/c1-8-7-12(11-10(8)13)9-5-3-2-4-6-9;;1-4(2)3/h2-6,8H,7H2,1H3,(H,11,13);;(H2,1,2,3)/q;+1;/p-1. The fourth-order valence-corrected chi connectivity index (χ4v) is 1.42. The summed E-state index contributed by atoms with van der Waals surface area (Å²) in [5, 5.41) is 1.88. The molecule has 2 N–H and O–H groups in total. The van der Waals surface area contributed by atoms with Crippen LogP contribution >= 0.6 is 0 Å². The fourth-order valence-electron chi connectivity index (χ4n) is 1.42. The van der Waals surface area contributed by atoms with Gasteiger partial charge in [-0.2, -0.15) is 0 Å². The fraction of sp³-hybridized carbons (Fsp3) is 0.300. The molecule has 0 aromatic heterocycles. The molecule has 0 bridgehead atoms. The number of benzene rings is 1. The van der Waals surface area contributed by atoms with Crippen LogP contribution in [0.2, 0.25) is 0 Å². The van der Waals surface area contributed by atoms with E-state index in [0.29, 0.717) is 0 Å². The third-order valence-corrected chi connectivity index (χ3v) is 2.22. The first-order valence-corrected chi connectivity index (χ1v) is 5.95. The normalized spacial score (nSPS) is 19.2. The average Bonchev–Trinajstić information content (AvgIpc) is 2.60. The van der Waals surface area contributed by atoms with Crippen LogP contribution in [0.25, 0.3) is 0 Å². The zero-order valence-corrected chi connectivity index (χ0v) is 13.0. The van der Waals surface area contributed by atoms with Crippen molar-refractivity contribution in [2.45, 2.75) is 6.92 Å². The van der Waals surface area contributed by atoms with E-state index in [0.717, 1.165) is 12.2 Å². The van der Waals surface area contributed by atoms with Gasteiger partial charge in [-0.1, -0.05) is 25.1 Å². The Hall–Kier alpha value is -0.440. The molecular formula is C10H13N2NaO4S. The summed E-state index contributed by atoms with van der Waals surface area (Å²) in [6.45, 7) is 2.68. The van der Waals surface area contributed by atoms with Gasteiger partial charge in [-0.15, -0.1) is 0 Å². The molecule has 1 aromatic carbocycles. The van der Waals surface area contributed by atoms with Crippen LogP contribution in [0, 0.1) is 5.92 Å². The molecule has 0 spiro atoms. The summed E-state index contributed by atoms with van der Waals surface area (Å²) in [6, 6.07) is 9.86. The van der Waals surface area contributed by atoms with E-state index in [2.05, 4.69) is 5.43 Å². The van der Waals surface area contributed by atoms with Crippen LogP contribution in [0.15, 0.2) is 30.3 Å². The number of amides is 1. The summed E-state index contributed by atoms with van der Waals surface area (Å²) in [4.78, 5) is 11.2. The molecule has 1 aliphatic rings. The number of carbonyl (C=O) groups is 1. The van der Waals surface area contributed by atoms with E-state index in [1.807, 2.05) is 42.3 Å². The van der Waals surface area contributed by atoms with Crippen molar-refractivity contribution in [2.75, 3.05) is 11.6 Å². The van der Waals surface area contributed by atoms with Gasteiger partial charge in [-0.05, 0) is 12.1 Å². The van der Waals surface area contributed by atoms with Crippen LogP contribution in [0.4, 0.5) is 5.69 Å². The Balaban J connectivity index is 0.000000512. The van der Waals surface area contributed by atoms with Crippen LogP contribution < -0.4 is 40.0 Å². The van der Waals surface area contributed by atoms with Gasteiger partial charge in [0.15, 0.2) is 0 Å². The number of carbonyl (C=O) groups excluding carboxylic acids is 1. The van der Waals surface area contributed by atoms with Crippen molar-refractivity contribution in [3.8, 4) is 0 Å². The second-order valence-corrected chi connectivity index (χ2v) is 3.97. The monoisotopic (exact) mass is 280 g/mol. The van der Waals surface area contributed by atoms with E-state index in [9.17, 15) is 4.79 Å². The predicted octanol–water partition coefficient (Wildman–Crippen LogP) is -2.48. The molecule has 8 heteroatoms. The number of hydrazine groups is 1. The maximum absolute atomic E-state index is 11.2. The zero-order valence-electron chi connectivity index (χ0n) is 10.2. The Morgan fingerprint density at radius 2 is 1.94 bits per heavy atom. The third kappa shape index (κ3) is 5.94. The third-order valence-electron chi connectivity index (χ3n) is 2.22. The van der Waals surface area contributed by atoms with Crippen molar-refractivity contribution in [1.82, 2.24) is 5.43 Å². The van der Waals surface area contributed by atoms with Crippen molar-refractivity contribution in [3.05, 3.63) is 30.3 Å². The van der Waals surface area contributed by atoms with Gasteiger partial charge in [0.05, 0.1) is 29.5 Å².